The molecule has 1 aromatic carbocycles. The highest BCUT2D eigenvalue weighted by molar-refractivity contribution is 5.37. The summed E-state index contributed by atoms with van der Waals surface area (Å²) in [7, 11) is 0. The molecule has 0 bridgehead atoms. The fraction of sp³-hybridized carbons (Fsp3) is 0.455. The van der Waals surface area contributed by atoms with E-state index >= 15 is 0 Å². The zero-order chi connectivity index (χ0) is 9.42. The fourth-order valence-electron chi connectivity index (χ4n) is 1.96. The Kier molecular flexibility index (Phi) is 2.08. The van der Waals surface area contributed by atoms with Gasteiger partial charge >= 0.3 is 0 Å². The fourth-order valence-corrected chi connectivity index (χ4v) is 1.96. The van der Waals surface area contributed by atoms with E-state index in [0.29, 0.717) is 5.56 Å². The number of nitrogens with two attached hydrogens (primary N) is 1. The van der Waals surface area contributed by atoms with Crippen LogP contribution in [0.1, 0.15) is 36.1 Å². The summed E-state index contributed by atoms with van der Waals surface area (Å²) in [4.78, 5) is 0. The smallest absolute Gasteiger partial charge is 0.128 e. The van der Waals surface area contributed by atoms with Crippen LogP contribution in [0, 0.1) is 5.82 Å². The third-order valence-electron chi connectivity index (χ3n) is 2.70. The van der Waals surface area contributed by atoms with Gasteiger partial charge in [-0.2, -0.15) is 0 Å². The molecule has 1 aromatic rings. The lowest BCUT2D eigenvalue weighted by Crippen LogP contribution is -2.08. The maximum atomic E-state index is 13.4. The summed E-state index contributed by atoms with van der Waals surface area (Å²) < 4.78 is 13.4. The number of hydrogen-bond donors (Lipinski definition) is 1. The molecule has 2 rings (SSSR count). The van der Waals surface area contributed by atoms with Gasteiger partial charge in [-0.15, -0.1) is 0 Å². The summed E-state index contributed by atoms with van der Waals surface area (Å²) in [6.45, 7) is 1.82. The number of hydrogen-bond acceptors (Lipinski definition) is 1. The highest BCUT2D eigenvalue weighted by Gasteiger charge is 2.15. The van der Waals surface area contributed by atoms with Gasteiger partial charge in [0.05, 0.1) is 0 Å². The zero-order valence-electron chi connectivity index (χ0n) is 7.81. The quantitative estimate of drug-likeness (QED) is 0.703. The molecule has 1 nitrogen and oxygen atoms in total. The Bertz CT molecular complexity index is 331. The van der Waals surface area contributed by atoms with Gasteiger partial charge in [-0.25, -0.2) is 4.39 Å². The molecule has 0 spiro atoms. The normalized spacial score (nSPS) is 17.2. The predicted octanol–water partition coefficient (Wildman–Crippen LogP) is 2.33. The second kappa shape index (κ2) is 3.11. The molecule has 2 heteroatoms. The Morgan fingerprint density at radius 3 is 2.54 bits per heavy atom. The first kappa shape index (κ1) is 8.70. The van der Waals surface area contributed by atoms with Crippen LogP contribution in [-0.4, -0.2) is 0 Å². The number of aryl methyl sites for hydroxylation is 2. The minimum Gasteiger partial charge on any atom is -0.324 e. The van der Waals surface area contributed by atoms with Crippen LogP contribution in [-0.2, 0) is 12.8 Å². The predicted molar refractivity (Wildman–Crippen MR) is 51.0 cm³/mol. The minimum absolute atomic E-state index is 0.143. The van der Waals surface area contributed by atoms with Gasteiger partial charge in [0.1, 0.15) is 5.82 Å². The molecule has 0 aliphatic heterocycles. The molecule has 1 aliphatic rings. The third-order valence-corrected chi connectivity index (χ3v) is 2.70. The SMILES string of the molecule is CC(N)c1cc2c(cc1F)CCC2. The Morgan fingerprint density at radius 1 is 1.31 bits per heavy atom. The van der Waals surface area contributed by atoms with E-state index in [4.69, 9.17) is 5.73 Å². The first-order valence-corrected chi connectivity index (χ1v) is 4.75. The van der Waals surface area contributed by atoms with Crippen LogP contribution in [0.2, 0.25) is 0 Å². The topological polar surface area (TPSA) is 26.0 Å². The van der Waals surface area contributed by atoms with E-state index in [9.17, 15) is 4.39 Å². The van der Waals surface area contributed by atoms with Crippen molar-refractivity contribution in [3.63, 3.8) is 0 Å². The van der Waals surface area contributed by atoms with Crippen molar-refractivity contribution in [2.45, 2.75) is 32.2 Å². The number of halogens is 1. The van der Waals surface area contributed by atoms with Gasteiger partial charge in [-0.05, 0) is 43.4 Å². The lowest BCUT2D eigenvalue weighted by molar-refractivity contribution is 0.592. The van der Waals surface area contributed by atoms with E-state index in [2.05, 4.69) is 0 Å². The van der Waals surface area contributed by atoms with E-state index in [0.717, 1.165) is 19.3 Å². The van der Waals surface area contributed by atoms with Crippen molar-refractivity contribution >= 4 is 0 Å². The molecule has 0 radical (unpaired) electrons. The van der Waals surface area contributed by atoms with Crippen LogP contribution in [0.15, 0.2) is 12.1 Å². The van der Waals surface area contributed by atoms with Crippen LogP contribution < -0.4 is 5.73 Å². The molecular formula is C11H14FN. The molecule has 2 N–H and O–H groups in total. The first-order valence-electron chi connectivity index (χ1n) is 4.75. The number of rotatable bonds is 1. The number of benzene rings is 1. The van der Waals surface area contributed by atoms with Gasteiger partial charge in [-0.3, -0.25) is 0 Å². The summed E-state index contributed by atoms with van der Waals surface area (Å²) in [6, 6.07) is 3.38. The molecule has 1 unspecified atom stereocenters. The summed E-state index contributed by atoms with van der Waals surface area (Å²) in [5, 5.41) is 0. The Hall–Kier alpha value is -0.890. The van der Waals surface area contributed by atoms with Crippen molar-refractivity contribution in [1.82, 2.24) is 0 Å². The first-order chi connectivity index (χ1) is 6.18. The van der Waals surface area contributed by atoms with E-state index in [1.165, 1.54) is 11.1 Å². The zero-order valence-corrected chi connectivity index (χ0v) is 7.81. The average Bonchev–Trinajstić information content (AvgIpc) is 2.48. The monoisotopic (exact) mass is 179 g/mol. The largest absolute Gasteiger partial charge is 0.324 e. The average molecular weight is 179 g/mol. The second-order valence-electron chi connectivity index (χ2n) is 3.78. The molecule has 0 aromatic heterocycles. The third kappa shape index (κ3) is 1.46. The molecule has 0 fully saturated rings. The van der Waals surface area contributed by atoms with Gasteiger partial charge in [-0.1, -0.05) is 6.07 Å². The summed E-state index contributed by atoms with van der Waals surface area (Å²) in [5.41, 5.74) is 8.78. The minimum atomic E-state index is -0.203. The molecule has 70 valence electrons. The van der Waals surface area contributed by atoms with Crippen molar-refractivity contribution in [3.05, 3.63) is 34.6 Å². The molecule has 1 aliphatic carbocycles. The molecule has 0 saturated carbocycles. The Labute approximate surface area is 77.8 Å². The van der Waals surface area contributed by atoms with Crippen molar-refractivity contribution in [3.8, 4) is 0 Å². The van der Waals surface area contributed by atoms with E-state index in [1.807, 2.05) is 13.0 Å². The van der Waals surface area contributed by atoms with Gasteiger partial charge < -0.3 is 5.73 Å². The second-order valence-corrected chi connectivity index (χ2v) is 3.78. The van der Waals surface area contributed by atoms with E-state index in [1.54, 1.807) is 6.07 Å². The molecular weight excluding hydrogens is 165 g/mol. The van der Waals surface area contributed by atoms with Gasteiger partial charge in [0.25, 0.3) is 0 Å². The molecule has 0 amide bonds. The maximum Gasteiger partial charge on any atom is 0.128 e. The number of fused-ring (bicyclic) bond motifs is 1. The van der Waals surface area contributed by atoms with Crippen LogP contribution in [0.5, 0.6) is 0 Å². The van der Waals surface area contributed by atoms with Gasteiger partial charge in [0.2, 0.25) is 0 Å². The summed E-state index contributed by atoms with van der Waals surface area (Å²) in [5.74, 6) is -0.143. The van der Waals surface area contributed by atoms with Gasteiger partial charge in [0.15, 0.2) is 0 Å². The maximum absolute atomic E-state index is 13.4. The Morgan fingerprint density at radius 2 is 1.92 bits per heavy atom. The lowest BCUT2D eigenvalue weighted by atomic mass is 10.0. The highest BCUT2D eigenvalue weighted by atomic mass is 19.1. The Balaban J connectivity index is 2.49. The standard InChI is InChI=1S/C11H14FN/c1-7(13)10-5-8-3-2-4-9(8)6-11(10)12/h5-7H,2-4,13H2,1H3. The van der Waals surface area contributed by atoms with Crippen molar-refractivity contribution < 1.29 is 4.39 Å². The van der Waals surface area contributed by atoms with Crippen molar-refractivity contribution in [1.29, 1.82) is 0 Å². The van der Waals surface area contributed by atoms with Crippen molar-refractivity contribution in [2.24, 2.45) is 5.73 Å². The summed E-state index contributed by atoms with van der Waals surface area (Å²) >= 11 is 0. The van der Waals surface area contributed by atoms with E-state index in [-0.39, 0.29) is 11.9 Å². The molecule has 1 atom stereocenters. The highest BCUT2D eigenvalue weighted by Crippen LogP contribution is 2.26. The van der Waals surface area contributed by atoms with Crippen LogP contribution in [0.3, 0.4) is 0 Å². The van der Waals surface area contributed by atoms with Gasteiger partial charge in [0, 0.05) is 11.6 Å². The van der Waals surface area contributed by atoms with Crippen LogP contribution >= 0.6 is 0 Å². The summed E-state index contributed by atoms with van der Waals surface area (Å²) in [6.07, 6.45) is 3.25. The molecule has 13 heavy (non-hydrogen) atoms. The molecule has 0 heterocycles. The molecule has 0 saturated heterocycles. The van der Waals surface area contributed by atoms with Crippen LogP contribution in [0.25, 0.3) is 0 Å². The van der Waals surface area contributed by atoms with E-state index < -0.39 is 0 Å². The van der Waals surface area contributed by atoms with Crippen molar-refractivity contribution in [2.75, 3.05) is 0 Å². The lowest BCUT2D eigenvalue weighted by Gasteiger charge is -2.09. The van der Waals surface area contributed by atoms with Crippen LogP contribution in [0.4, 0.5) is 4.39 Å².